The Balaban J connectivity index is 1.46. The number of alkyl halides is 3. The van der Waals surface area contributed by atoms with Crippen LogP contribution in [-0.4, -0.2) is 35.3 Å². The Labute approximate surface area is 182 Å². The van der Waals surface area contributed by atoms with Gasteiger partial charge in [-0.25, -0.2) is 4.68 Å². The summed E-state index contributed by atoms with van der Waals surface area (Å²) in [6.07, 6.45) is -2.95. The van der Waals surface area contributed by atoms with Gasteiger partial charge in [0, 0.05) is 19.6 Å². The number of nitrogens with zero attached hydrogens (tertiary/aromatic N) is 3. The fourth-order valence-corrected chi connectivity index (χ4v) is 4.07. The summed E-state index contributed by atoms with van der Waals surface area (Å²) in [4.78, 5) is 14.7. The molecular weight excluding hydrogens is 429 g/mol. The SMILES string of the molecule is O=C(NCC1CCN(c2ccccc2Cl)C1)c1cnn(-c2ccccc2)c1C(F)(F)F. The standard InChI is InChI=1S/C22H20ClF3N4O/c23-18-8-4-5-9-19(18)29-11-10-15(14-29)12-27-21(31)17-13-28-30(20(17)22(24,25)26)16-6-2-1-3-7-16/h1-9,13,15H,10-12,14H2,(H,27,31). The van der Waals surface area contributed by atoms with E-state index in [0.29, 0.717) is 11.6 Å². The second kappa shape index (κ2) is 8.63. The van der Waals surface area contributed by atoms with Crippen molar-refractivity contribution in [2.75, 3.05) is 24.5 Å². The molecule has 31 heavy (non-hydrogen) atoms. The van der Waals surface area contributed by atoms with Crippen molar-refractivity contribution in [1.82, 2.24) is 15.1 Å². The third-order valence-corrected chi connectivity index (χ3v) is 5.63. The fraction of sp³-hybridized carbons (Fsp3) is 0.273. The minimum atomic E-state index is -4.73. The van der Waals surface area contributed by atoms with Gasteiger partial charge in [0.25, 0.3) is 5.91 Å². The number of amides is 1. The van der Waals surface area contributed by atoms with Crippen LogP contribution < -0.4 is 10.2 Å². The topological polar surface area (TPSA) is 50.2 Å². The maximum atomic E-state index is 13.7. The predicted molar refractivity (Wildman–Crippen MR) is 113 cm³/mol. The molecule has 4 rings (SSSR count). The van der Waals surface area contributed by atoms with Gasteiger partial charge in [0.05, 0.1) is 28.2 Å². The molecule has 1 amide bonds. The Hall–Kier alpha value is -3.00. The monoisotopic (exact) mass is 448 g/mol. The summed E-state index contributed by atoms with van der Waals surface area (Å²) in [5.41, 5.74) is -0.417. The summed E-state index contributed by atoms with van der Waals surface area (Å²) >= 11 is 6.25. The van der Waals surface area contributed by atoms with Crippen LogP contribution in [-0.2, 0) is 6.18 Å². The first kappa shape index (κ1) is 21.2. The van der Waals surface area contributed by atoms with Gasteiger partial charge < -0.3 is 10.2 Å². The lowest BCUT2D eigenvalue weighted by Crippen LogP contribution is -2.32. The van der Waals surface area contributed by atoms with Crippen molar-refractivity contribution < 1.29 is 18.0 Å². The van der Waals surface area contributed by atoms with Gasteiger partial charge in [0.2, 0.25) is 0 Å². The Kier molecular flexibility index (Phi) is 5.91. The number of carbonyl (C=O) groups excluding carboxylic acids is 1. The van der Waals surface area contributed by atoms with Crippen LogP contribution in [0.25, 0.3) is 5.69 Å². The van der Waals surface area contributed by atoms with Crippen LogP contribution in [0.5, 0.6) is 0 Å². The van der Waals surface area contributed by atoms with Crippen LogP contribution in [0.2, 0.25) is 5.02 Å². The molecule has 1 fully saturated rings. The van der Waals surface area contributed by atoms with E-state index in [1.807, 2.05) is 24.3 Å². The van der Waals surface area contributed by atoms with Gasteiger partial charge in [-0.1, -0.05) is 41.9 Å². The quantitative estimate of drug-likeness (QED) is 0.610. The number of benzene rings is 2. The lowest BCUT2D eigenvalue weighted by molar-refractivity contribution is -0.143. The van der Waals surface area contributed by atoms with Crippen LogP contribution >= 0.6 is 11.6 Å². The Morgan fingerprint density at radius 1 is 1.13 bits per heavy atom. The molecule has 0 radical (unpaired) electrons. The molecule has 162 valence electrons. The number of anilines is 1. The van der Waals surface area contributed by atoms with Crippen molar-refractivity contribution in [2.24, 2.45) is 5.92 Å². The number of aromatic nitrogens is 2. The lowest BCUT2D eigenvalue weighted by atomic mass is 10.1. The van der Waals surface area contributed by atoms with E-state index in [0.717, 1.165) is 29.5 Å². The highest BCUT2D eigenvalue weighted by atomic mass is 35.5. The zero-order chi connectivity index (χ0) is 22.0. The van der Waals surface area contributed by atoms with E-state index in [-0.39, 0.29) is 18.2 Å². The van der Waals surface area contributed by atoms with E-state index in [1.54, 1.807) is 18.2 Å². The van der Waals surface area contributed by atoms with Gasteiger partial charge in [0.1, 0.15) is 0 Å². The van der Waals surface area contributed by atoms with Crippen molar-refractivity contribution >= 4 is 23.2 Å². The molecule has 0 saturated carbocycles. The summed E-state index contributed by atoms with van der Waals surface area (Å²) in [6, 6.07) is 15.4. The van der Waals surface area contributed by atoms with Crippen LogP contribution in [0.15, 0.2) is 60.8 Å². The van der Waals surface area contributed by atoms with E-state index in [2.05, 4.69) is 15.3 Å². The number of carbonyl (C=O) groups is 1. The molecule has 0 aliphatic carbocycles. The van der Waals surface area contributed by atoms with E-state index in [4.69, 9.17) is 11.6 Å². The number of nitrogens with one attached hydrogen (secondary N) is 1. The summed E-state index contributed by atoms with van der Waals surface area (Å²) in [7, 11) is 0. The normalized spacial score (nSPS) is 16.5. The minimum absolute atomic E-state index is 0.110. The van der Waals surface area contributed by atoms with Gasteiger partial charge >= 0.3 is 6.18 Å². The first-order valence-electron chi connectivity index (χ1n) is 9.83. The number of hydrogen-bond donors (Lipinski definition) is 1. The number of hydrogen-bond acceptors (Lipinski definition) is 3. The van der Waals surface area contributed by atoms with Crippen molar-refractivity contribution in [1.29, 1.82) is 0 Å². The summed E-state index contributed by atoms with van der Waals surface area (Å²) in [5, 5.41) is 7.13. The molecule has 1 aromatic heterocycles. The molecule has 1 unspecified atom stereocenters. The smallest absolute Gasteiger partial charge is 0.370 e. The summed E-state index contributed by atoms with van der Waals surface area (Å²) in [5.74, 6) is -0.676. The average molecular weight is 449 g/mol. The molecule has 9 heteroatoms. The zero-order valence-electron chi connectivity index (χ0n) is 16.4. The second-order valence-corrected chi connectivity index (χ2v) is 7.82. The zero-order valence-corrected chi connectivity index (χ0v) is 17.2. The van der Waals surface area contributed by atoms with Crippen molar-refractivity contribution in [3.63, 3.8) is 0 Å². The van der Waals surface area contributed by atoms with Gasteiger partial charge in [-0.05, 0) is 36.6 Å². The Morgan fingerprint density at radius 2 is 1.84 bits per heavy atom. The highest BCUT2D eigenvalue weighted by Crippen LogP contribution is 2.34. The maximum absolute atomic E-state index is 13.7. The van der Waals surface area contributed by atoms with Crippen molar-refractivity contribution in [3.05, 3.63) is 77.1 Å². The van der Waals surface area contributed by atoms with Gasteiger partial charge in [-0.2, -0.15) is 18.3 Å². The minimum Gasteiger partial charge on any atom is -0.370 e. The average Bonchev–Trinajstić information content (AvgIpc) is 3.40. The lowest BCUT2D eigenvalue weighted by Gasteiger charge is -2.20. The molecule has 5 nitrogen and oxygen atoms in total. The van der Waals surface area contributed by atoms with Crippen LogP contribution in [0.1, 0.15) is 22.5 Å². The highest BCUT2D eigenvalue weighted by molar-refractivity contribution is 6.33. The molecule has 1 saturated heterocycles. The molecule has 0 spiro atoms. The molecule has 1 N–H and O–H groups in total. The van der Waals surface area contributed by atoms with Crippen LogP contribution in [0.4, 0.5) is 18.9 Å². The van der Waals surface area contributed by atoms with Gasteiger partial charge in [-0.15, -0.1) is 0 Å². The first-order chi connectivity index (χ1) is 14.8. The van der Waals surface area contributed by atoms with Crippen LogP contribution in [0.3, 0.4) is 0 Å². The molecule has 1 aliphatic rings. The third-order valence-electron chi connectivity index (χ3n) is 5.31. The Morgan fingerprint density at radius 3 is 2.55 bits per heavy atom. The maximum Gasteiger partial charge on any atom is 0.434 e. The van der Waals surface area contributed by atoms with Crippen LogP contribution in [0, 0.1) is 5.92 Å². The van der Waals surface area contributed by atoms with Crippen molar-refractivity contribution in [2.45, 2.75) is 12.6 Å². The molecule has 3 aromatic rings. The molecular formula is C22H20ClF3N4O. The molecule has 2 heterocycles. The first-order valence-corrected chi connectivity index (χ1v) is 10.2. The second-order valence-electron chi connectivity index (χ2n) is 7.41. The van der Waals surface area contributed by atoms with E-state index < -0.39 is 23.3 Å². The number of halogens is 4. The predicted octanol–water partition coefficient (Wildman–Crippen LogP) is 4.80. The van der Waals surface area contributed by atoms with Crippen molar-refractivity contribution in [3.8, 4) is 5.69 Å². The summed E-state index contributed by atoms with van der Waals surface area (Å²) in [6.45, 7) is 1.71. The number of para-hydroxylation sites is 2. The van der Waals surface area contributed by atoms with Gasteiger partial charge in [0.15, 0.2) is 5.69 Å². The fourth-order valence-electron chi connectivity index (χ4n) is 3.81. The third kappa shape index (κ3) is 4.54. The van der Waals surface area contributed by atoms with E-state index >= 15 is 0 Å². The largest absolute Gasteiger partial charge is 0.434 e. The molecule has 1 aliphatic heterocycles. The molecule has 1 atom stereocenters. The van der Waals surface area contributed by atoms with E-state index in [9.17, 15) is 18.0 Å². The highest BCUT2D eigenvalue weighted by Gasteiger charge is 2.40. The van der Waals surface area contributed by atoms with Gasteiger partial charge in [-0.3, -0.25) is 4.79 Å². The molecule has 2 aromatic carbocycles. The number of rotatable bonds is 5. The molecule has 0 bridgehead atoms. The Bertz CT molecular complexity index is 1070. The summed E-state index contributed by atoms with van der Waals surface area (Å²) < 4.78 is 42.0. The van der Waals surface area contributed by atoms with E-state index in [1.165, 1.54) is 12.1 Å².